The van der Waals surface area contributed by atoms with Gasteiger partial charge in [0.05, 0.1) is 12.8 Å². The summed E-state index contributed by atoms with van der Waals surface area (Å²) in [4.78, 5) is 20.4. The molecule has 0 unspecified atom stereocenters. The number of carbonyl (C=O) groups excluding carboxylic acids is 1. The van der Waals surface area contributed by atoms with Crippen molar-refractivity contribution >= 4 is 18.0 Å². The number of amides is 1. The first kappa shape index (κ1) is 19.1. The van der Waals surface area contributed by atoms with E-state index < -0.39 is 6.09 Å². The molecule has 3 aromatic rings. The molecule has 0 saturated heterocycles. The van der Waals surface area contributed by atoms with Crippen molar-refractivity contribution in [2.24, 2.45) is 5.16 Å². The second kappa shape index (κ2) is 10.5. The van der Waals surface area contributed by atoms with Gasteiger partial charge in [0.1, 0.15) is 5.75 Å². The third kappa shape index (κ3) is 6.57. The minimum atomic E-state index is -0.670. The van der Waals surface area contributed by atoms with Gasteiger partial charge in [0.2, 0.25) is 0 Å². The average molecular weight is 375 g/mol. The maximum atomic E-state index is 11.7. The minimum absolute atomic E-state index is 0.596. The van der Waals surface area contributed by atoms with E-state index in [9.17, 15) is 4.79 Å². The molecule has 3 rings (SSSR count). The second-order valence-electron chi connectivity index (χ2n) is 5.99. The van der Waals surface area contributed by atoms with E-state index >= 15 is 0 Å². The fourth-order valence-corrected chi connectivity index (χ4v) is 2.47. The smallest absolute Gasteiger partial charge is 0.437 e. The molecule has 1 aromatic heterocycles. The molecule has 1 amide bonds. The van der Waals surface area contributed by atoms with Crippen LogP contribution in [-0.2, 0) is 11.3 Å². The number of nitrogens with one attached hydrogen (secondary N) is 1. The molecular weight excluding hydrogens is 354 g/mol. The zero-order valence-electron chi connectivity index (χ0n) is 15.3. The number of anilines is 1. The van der Waals surface area contributed by atoms with Crippen molar-refractivity contribution in [3.63, 3.8) is 0 Å². The zero-order chi connectivity index (χ0) is 19.4. The van der Waals surface area contributed by atoms with Gasteiger partial charge in [-0.1, -0.05) is 41.6 Å². The molecule has 0 aliphatic rings. The van der Waals surface area contributed by atoms with Crippen LogP contribution in [0.4, 0.5) is 10.5 Å². The van der Waals surface area contributed by atoms with Crippen LogP contribution in [0.1, 0.15) is 17.5 Å². The SMILES string of the molecule is O=C(Nc1ccc(OCCCc2ccccc2)cc1)ON=Cc1cccnc1. The van der Waals surface area contributed by atoms with Crippen LogP contribution in [0, 0.1) is 0 Å². The summed E-state index contributed by atoms with van der Waals surface area (Å²) in [5, 5.41) is 6.23. The Kier molecular flexibility index (Phi) is 7.14. The summed E-state index contributed by atoms with van der Waals surface area (Å²) in [6.45, 7) is 0.632. The van der Waals surface area contributed by atoms with Crippen LogP contribution in [0.5, 0.6) is 5.75 Å². The van der Waals surface area contributed by atoms with Crippen molar-refractivity contribution in [2.75, 3.05) is 11.9 Å². The lowest BCUT2D eigenvalue weighted by Gasteiger charge is -2.08. The lowest BCUT2D eigenvalue weighted by atomic mass is 10.1. The minimum Gasteiger partial charge on any atom is -0.494 e. The quantitative estimate of drug-likeness (QED) is 0.269. The van der Waals surface area contributed by atoms with E-state index in [-0.39, 0.29) is 0 Å². The lowest BCUT2D eigenvalue weighted by molar-refractivity contribution is 0.167. The first-order valence-electron chi connectivity index (χ1n) is 8.98. The van der Waals surface area contributed by atoms with Crippen LogP contribution in [0.15, 0.2) is 84.3 Å². The fourth-order valence-electron chi connectivity index (χ4n) is 2.47. The van der Waals surface area contributed by atoms with Gasteiger partial charge in [0, 0.05) is 23.6 Å². The highest BCUT2D eigenvalue weighted by Crippen LogP contribution is 2.16. The molecule has 0 radical (unpaired) electrons. The molecule has 1 heterocycles. The summed E-state index contributed by atoms with van der Waals surface area (Å²) < 4.78 is 5.73. The van der Waals surface area contributed by atoms with E-state index in [2.05, 4.69) is 27.6 Å². The third-order valence-corrected chi connectivity index (χ3v) is 3.84. The van der Waals surface area contributed by atoms with Crippen molar-refractivity contribution in [3.05, 3.63) is 90.3 Å². The summed E-state index contributed by atoms with van der Waals surface area (Å²) >= 11 is 0. The molecule has 0 aliphatic heterocycles. The fraction of sp³-hybridized carbons (Fsp3) is 0.136. The predicted molar refractivity (Wildman–Crippen MR) is 109 cm³/mol. The van der Waals surface area contributed by atoms with Crippen LogP contribution >= 0.6 is 0 Å². The van der Waals surface area contributed by atoms with Crippen LogP contribution < -0.4 is 10.1 Å². The maximum absolute atomic E-state index is 11.7. The van der Waals surface area contributed by atoms with E-state index in [0.717, 1.165) is 24.2 Å². The van der Waals surface area contributed by atoms with Gasteiger partial charge in [-0.15, -0.1) is 0 Å². The standard InChI is InChI=1S/C22H21N3O3/c26-22(28-24-17-19-8-4-14-23-16-19)25-20-10-12-21(13-11-20)27-15-5-9-18-6-2-1-3-7-18/h1-4,6-8,10-14,16-17H,5,9,15H2,(H,25,26). The van der Waals surface area contributed by atoms with Gasteiger partial charge in [0.25, 0.3) is 0 Å². The molecule has 0 aliphatic carbocycles. The van der Waals surface area contributed by atoms with E-state index in [1.165, 1.54) is 11.8 Å². The Labute approximate surface area is 163 Å². The highest BCUT2D eigenvalue weighted by molar-refractivity contribution is 5.85. The Morgan fingerprint density at radius 1 is 1.04 bits per heavy atom. The molecule has 0 atom stereocenters. The number of benzene rings is 2. The Morgan fingerprint density at radius 3 is 2.61 bits per heavy atom. The van der Waals surface area contributed by atoms with Crippen LogP contribution in [-0.4, -0.2) is 23.9 Å². The monoisotopic (exact) mass is 375 g/mol. The second-order valence-corrected chi connectivity index (χ2v) is 5.99. The van der Waals surface area contributed by atoms with Crippen molar-refractivity contribution in [1.82, 2.24) is 4.98 Å². The highest BCUT2D eigenvalue weighted by Gasteiger charge is 2.03. The molecule has 28 heavy (non-hydrogen) atoms. The van der Waals surface area contributed by atoms with Crippen molar-refractivity contribution in [3.8, 4) is 5.75 Å². The Balaban J connectivity index is 1.37. The number of pyridine rings is 1. The molecule has 1 N–H and O–H groups in total. The van der Waals surface area contributed by atoms with Crippen LogP contribution in [0.25, 0.3) is 0 Å². The van der Waals surface area contributed by atoms with E-state index in [1.54, 1.807) is 48.8 Å². The zero-order valence-corrected chi connectivity index (χ0v) is 15.3. The molecule has 2 aromatic carbocycles. The van der Waals surface area contributed by atoms with E-state index in [0.29, 0.717) is 12.3 Å². The molecule has 0 fully saturated rings. The largest absolute Gasteiger partial charge is 0.494 e. The van der Waals surface area contributed by atoms with Gasteiger partial charge < -0.3 is 4.74 Å². The van der Waals surface area contributed by atoms with Gasteiger partial charge >= 0.3 is 6.09 Å². The summed E-state index contributed by atoms with van der Waals surface area (Å²) in [5.74, 6) is 0.751. The molecule has 0 saturated carbocycles. The number of hydrogen-bond donors (Lipinski definition) is 1. The van der Waals surface area contributed by atoms with Crippen LogP contribution in [0.2, 0.25) is 0 Å². The van der Waals surface area contributed by atoms with Crippen molar-refractivity contribution in [1.29, 1.82) is 0 Å². The molecule has 6 heteroatoms. The number of rotatable bonds is 8. The number of nitrogens with zero attached hydrogens (tertiary/aromatic N) is 2. The Bertz CT molecular complexity index is 882. The first-order valence-corrected chi connectivity index (χ1v) is 8.98. The van der Waals surface area contributed by atoms with Gasteiger partial charge in [-0.25, -0.2) is 4.79 Å². The number of oxime groups is 1. The maximum Gasteiger partial charge on any atom is 0.437 e. The van der Waals surface area contributed by atoms with Crippen molar-refractivity contribution < 1.29 is 14.4 Å². The van der Waals surface area contributed by atoms with Gasteiger partial charge in [-0.05, 0) is 48.7 Å². The average Bonchev–Trinajstić information content (AvgIpc) is 2.74. The van der Waals surface area contributed by atoms with Crippen LogP contribution in [0.3, 0.4) is 0 Å². The number of ether oxygens (including phenoxy) is 1. The molecule has 0 spiro atoms. The summed E-state index contributed by atoms with van der Waals surface area (Å²) in [5.41, 5.74) is 2.64. The normalized spacial score (nSPS) is 10.6. The molecular formula is C22H21N3O3. The number of hydrogen-bond acceptors (Lipinski definition) is 5. The third-order valence-electron chi connectivity index (χ3n) is 3.84. The van der Waals surface area contributed by atoms with Gasteiger partial charge in [0.15, 0.2) is 0 Å². The number of carbonyl (C=O) groups is 1. The van der Waals surface area contributed by atoms with Gasteiger partial charge in [-0.3, -0.25) is 15.1 Å². The Hall–Kier alpha value is -3.67. The lowest BCUT2D eigenvalue weighted by Crippen LogP contribution is -2.10. The molecule has 6 nitrogen and oxygen atoms in total. The van der Waals surface area contributed by atoms with Crippen molar-refractivity contribution in [2.45, 2.75) is 12.8 Å². The van der Waals surface area contributed by atoms with E-state index in [1.807, 2.05) is 18.2 Å². The molecule has 0 bridgehead atoms. The predicted octanol–water partition coefficient (Wildman–Crippen LogP) is 4.68. The number of aromatic nitrogens is 1. The topological polar surface area (TPSA) is 72.8 Å². The summed E-state index contributed by atoms with van der Waals surface area (Å²) in [6.07, 6.45) is 5.93. The molecule has 142 valence electrons. The highest BCUT2D eigenvalue weighted by atomic mass is 16.7. The summed E-state index contributed by atoms with van der Waals surface area (Å²) in [6, 6.07) is 21.0. The van der Waals surface area contributed by atoms with E-state index in [4.69, 9.17) is 9.57 Å². The van der Waals surface area contributed by atoms with Gasteiger partial charge in [-0.2, -0.15) is 0 Å². The summed E-state index contributed by atoms with van der Waals surface area (Å²) in [7, 11) is 0. The first-order chi connectivity index (χ1) is 13.8. The Morgan fingerprint density at radius 2 is 1.86 bits per heavy atom. The number of aryl methyl sites for hydroxylation is 1.